The van der Waals surface area contributed by atoms with E-state index in [4.69, 9.17) is 9.40 Å². The van der Waals surface area contributed by atoms with E-state index in [1.165, 1.54) is 0 Å². The van der Waals surface area contributed by atoms with Crippen LogP contribution in [0.25, 0.3) is 11.5 Å². The number of hydrogen-bond donors (Lipinski definition) is 3. The van der Waals surface area contributed by atoms with Gasteiger partial charge in [-0.1, -0.05) is 72.8 Å². The summed E-state index contributed by atoms with van der Waals surface area (Å²) < 4.78 is 6.38. The fourth-order valence-electron chi connectivity index (χ4n) is 4.40. The Kier molecular flexibility index (Phi) is 7.24. The van der Waals surface area contributed by atoms with E-state index in [9.17, 15) is 10.2 Å². The minimum absolute atomic E-state index is 0.130. The number of anilines is 1. The average molecular weight is 496 g/mol. The van der Waals surface area contributed by atoms with E-state index < -0.39 is 13.4 Å². The van der Waals surface area contributed by atoms with Gasteiger partial charge in [-0.15, -0.1) is 0 Å². The first-order valence-electron chi connectivity index (χ1n) is 11.9. The molecule has 0 aliphatic rings. The number of aliphatic hydroxyl groups is 2. The van der Waals surface area contributed by atoms with Gasteiger partial charge in [0.2, 0.25) is 5.89 Å². The molecule has 1 unspecified atom stereocenters. The molecular weight excluding hydrogens is 467 g/mol. The standard InChI is InChI=1S/C30H28N2O3P/c33-22-24(34)21-31-29-30(32-28(35-29)23-13-5-1-6-14-23)36(25-15-7-2-8-16-25,26-17-9-3-10-18-26)27-19-11-4-12-20-27/h1-20,24,31,33-34H,21-22H2/q+1. The summed E-state index contributed by atoms with van der Waals surface area (Å²) in [6, 6.07) is 41.1. The van der Waals surface area contributed by atoms with Gasteiger partial charge in [0, 0.05) is 12.1 Å². The molecule has 0 fully saturated rings. The van der Waals surface area contributed by atoms with E-state index in [1.807, 2.05) is 48.5 Å². The van der Waals surface area contributed by atoms with Crippen LogP contribution in [0.3, 0.4) is 0 Å². The monoisotopic (exact) mass is 495 g/mol. The lowest BCUT2D eigenvalue weighted by Gasteiger charge is -2.25. The summed E-state index contributed by atoms with van der Waals surface area (Å²) in [5.74, 6) is 0.991. The summed E-state index contributed by atoms with van der Waals surface area (Å²) in [5.41, 5.74) is 1.65. The molecule has 0 bridgehead atoms. The van der Waals surface area contributed by atoms with Crippen molar-refractivity contribution in [2.75, 3.05) is 18.5 Å². The van der Waals surface area contributed by atoms with Gasteiger partial charge in [0.1, 0.15) is 15.9 Å². The minimum atomic E-state index is -2.52. The molecule has 0 saturated heterocycles. The van der Waals surface area contributed by atoms with E-state index in [2.05, 4.69) is 78.1 Å². The summed E-state index contributed by atoms with van der Waals surface area (Å²) in [4.78, 5) is 5.16. The largest absolute Gasteiger partial charge is 0.416 e. The lowest BCUT2D eigenvalue weighted by Crippen LogP contribution is -2.40. The molecule has 6 heteroatoms. The topological polar surface area (TPSA) is 78.5 Å². The van der Waals surface area contributed by atoms with Crippen LogP contribution in [-0.2, 0) is 0 Å². The van der Waals surface area contributed by atoms with Crippen LogP contribution in [0.1, 0.15) is 0 Å². The van der Waals surface area contributed by atoms with Gasteiger partial charge < -0.3 is 19.9 Å². The first-order chi connectivity index (χ1) is 17.7. The van der Waals surface area contributed by atoms with Crippen LogP contribution in [0.2, 0.25) is 0 Å². The number of nitrogens with one attached hydrogen (secondary N) is 1. The molecule has 1 aromatic heterocycles. The van der Waals surface area contributed by atoms with Crippen LogP contribution in [0, 0.1) is 0 Å². The Hall–Kier alpha value is -3.76. The van der Waals surface area contributed by atoms with Crippen LogP contribution >= 0.6 is 7.26 Å². The van der Waals surface area contributed by atoms with E-state index in [0.29, 0.717) is 11.8 Å². The molecule has 1 atom stereocenters. The highest BCUT2D eigenvalue weighted by molar-refractivity contribution is 8.01. The SMILES string of the molecule is OCC(O)CNc1oc(-c2ccccc2)nc1[P+](c1ccccc1)(c1ccccc1)c1ccccc1. The Balaban J connectivity index is 1.84. The molecule has 0 aliphatic heterocycles. The molecule has 1 heterocycles. The first-order valence-corrected chi connectivity index (χ1v) is 13.7. The second-order valence-electron chi connectivity index (χ2n) is 8.43. The van der Waals surface area contributed by atoms with Gasteiger partial charge in [-0.3, -0.25) is 0 Å². The third-order valence-electron chi connectivity index (χ3n) is 6.09. The molecule has 180 valence electrons. The van der Waals surface area contributed by atoms with Gasteiger partial charge >= 0.3 is 0 Å². The zero-order chi connectivity index (χ0) is 24.8. The summed E-state index contributed by atoms with van der Waals surface area (Å²) in [6.45, 7) is -0.219. The predicted molar refractivity (Wildman–Crippen MR) is 148 cm³/mol. The number of aliphatic hydroxyl groups excluding tert-OH is 2. The van der Waals surface area contributed by atoms with Crippen molar-refractivity contribution in [3.8, 4) is 11.5 Å². The summed E-state index contributed by atoms with van der Waals surface area (Å²) in [6.07, 6.45) is -0.930. The van der Waals surface area contributed by atoms with Crippen LogP contribution in [-0.4, -0.2) is 34.5 Å². The van der Waals surface area contributed by atoms with Crippen LogP contribution in [0.15, 0.2) is 126 Å². The molecule has 5 aromatic rings. The number of nitrogens with zero attached hydrogens (tertiary/aromatic N) is 1. The van der Waals surface area contributed by atoms with Crippen molar-refractivity contribution in [3.63, 3.8) is 0 Å². The zero-order valence-corrected chi connectivity index (χ0v) is 20.6. The Morgan fingerprint density at radius 3 is 1.58 bits per heavy atom. The number of hydrogen-bond acceptors (Lipinski definition) is 5. The molecule has 0 spiro atoms. The van der Waals surface area contributed by atoms with Crippen molar-refractivity contribution in [3.05, 3.63) is 121 Å². The summed E-state index contributed by atoms with van der Waals surface area (Å²) in [7, 11) is -2.52. The normalized spacial score (nSPS) is 12.3. The molecular formula is C30H28N2O3P+. The maximum atomic E-state index is 10.1. The Bertz CT molecular complexity index is 1280. The lowest BCUT2D eigenvalue weighted by atomic mass is 10.2. The highest BCUT2D eigenvalue weighted by Crippen LogP contribution is 2.55. The molecule has 5 nitrogen and oxygen atoms in total. The second-order valence-corrected chi connectivity index (χ2v) is 11.7. The van der Waals surface area contributed by atoms with Crippen molar-refractivity contribution in [1.29, 1.82) is 0 Å². The number of aromatic nitrogens is 1. The van der Waals surface area contributed by atoms with E-state index in [0.717, 1.165) is 26.9 Å². The average Bonchev–Trinajstić information content (AvgIpc) is 3.39. The molecule has 36 heavy (non-hydrogen) atoms. The van der Waals surface area contributed by atoms with Gasteiger partial charge in [-0.25, -0.2) is 0 Å². The lowest BCUT2D eigenvalue weighted by molar-refractivity contribution is 0.105. The summed E-state index contributed by atoms with van der Waals surface area (Å²) >= 11 is 0. The van der Waals surface area contributed by atoms with Crippen molar-refractivity contribution in [2.45, 2.75) is 6.10 Å². The van der Waals surface area contributed by atoms with Gasteiger partial charge in [-0.2, -0.15) is 4.98 Å². The van der Waals surface area contributed by atoms with E-state index in [1.54, 1.807) is 0 Å². The quantitative estimate of drug-likeness (QED) is 0.272. The van der Waals surface area contributed by atoms with Crippen molar-refractivity contribution in [2.24, 2.45) is 0 Å². The number of benzene rings is 4. The van der Waals surface area contributed by atoms with Gasteiger partial charge in [0.15, 0.2) is 7.26 Å². The Labute approximate surface area is 211 Å². The highest BCUT2D eigenvalue weighted by atomic mass is 31.2. The highest BCUT2D eigenvalue weighted by Gasteiger charge is 2.53. The molecule has 4 aromatic carbocycles. The molecule has 3 N–H and O–H groups in total. The first kappa shape index (κ1) is 24.0. The van der Waals surface area contributed by atoms with Crippen molar-refractivity contribution in [1.82, 2.24) is 4.98 Å². The van der Waals surface area contributed by atoms with Crippen LogP contribution < -0.4 is 26.7 Å². The molecule has 5 rings (SSSR count). The molecule has 0 aliphatic carbocycles. The Morgan fingerprint density at radius 1 is 0.694 bits per heavy atom. The predicted octanol–water partition coefficient (Wildman–Crippen LogP) is 3.73. The van der Waals surface area contributed by atoms with Crippen LogP contribution in [0.5, 0.6) is 0 Å². The third-order valence-corrected chi connectivity index (χ3v) is 10.2. The fourth-order valence-corrected chi connectivity index (χ4v) is 8.56. The maximum Gasteiger partial charge on any atom is 0.261 e. The smallest absolute Gasteiger partial charge is 0.261 e. The van der Waals surface area contributed by atoms with Gasteiger partial charge in [0.05, 0.1) is 12.7 Å². The van der Waals surface area contributed by atoms with Crippen molar-refractivity contribution < 1.29 is 14.6 Å². The number of rotatable bonds is 9. The maximum absolute atomic E-state index is 10.1. The molecule has 0 radical (unpaired) electrons. The molecule has 0 amide bonds. The number of oxazole rings is 1. The fraction of sp³-hybridized carbons (Fsp3) is 0.100. The van der Waals surface area contributed by atoms with Crippen LogP contribution in [0.4, 0.5) is 5.88 Å². The third kappa shape index (κ3) is 4.57. The van der Waals surface area contributed by atoms with E-state index >= 15 is 0 Å². The van der Waals surface area contributed by atoms with Gasteiger partial charge in [-0.05, 0) is 48.5 Å². The minimum Gasteiger partial charge on any atom is -0.416 e. The summed E-state index contributed by atoms with van der Waals surface area (Å²) in [5, 5.41) is 26.2. The van der Waals surface area contributed by atoms with Gasteiger partial charge in [0.25, 0.3) is 11.3 Å². The second kappa shape index (κ2) is 10.9. The zero-order valence-electron chi connectivity index (χ0n) is 19.7. The Morgan fingerprint density at radius 2 is 1.14 bits per heavy atom. The van der Waals surface area contributed by atoms with Crippen molar-refractivity contribution >= 4 is 34.5 Å². The molecule has 0 saturated carbocycles. The van der Waals surface area contributed by atoms with E-state index in [-0.39, 0.29) is 13.2 Å².